The Morgan fingerprint density at radius 3 is 2.63 bits per heavy atom. The zero-order valence-corrected chi connectivity index (χ0v) is 13.3. The van der Waals surface area contributed by atoms with Crippen LogP contribution in [0.3, 0.4) is 0 Å². The highest BCUT2D eigenvalue weighted by molar-refractivity contribution is 8.02. The van der Waals surface area contributed by atoms with Crippen LogP contribution in [0.15, 0.2) is 33.2 Å². The molecule has 0 aliphatic carbocycles. The second-order valence-corrected chi connectivity index (χ2v) is 5.91. The number of hydrogen-bond donors (Lipinski definition) is 1. The summed E-state index contributed by atoms with van der Waals surface area (Å²) in [6.07, 6.45) is 1.08. The Morgan fingerprint density at radius 1 is 1.47 bits per heavy atom. The summed E-state index contributed by atoms with van der Waals surface area (Å²) in [5.74, 6) is 2.73. The summed E-state index contributed by atoms with van der Waals surface area (Å²) in [7, 11) is 3.90. The molecule has 0 spiro atoms. The maximum Gasteiger partial charge on any atom is 0.222 e. The smallest absolute Gasteiger partial charge is 0.222 e. The van der Waals surface area contributed by atoms with Crippen molar-refractivity contribution in [2.75, 3.05) is 19.8 Å². The van der Waals surface area contributed by atoms with Gasteiger partial charge in [-0.2, -0.15) is 0 Å². The molecule has 4 nitrogen and oxygen atoms in total. The second-order valence-electron chi connectivity index (χ2n) is 4.93. The fraction of sp³-hybridized carbons (Fsp3) is 0.571. The molecule has 19 heavy (non-hydrogen) atoms. The Hall–Kier alpha value is -1.23. The van der Waals surface area contributed by atoms with Gasteiger partial charge in [0, 0.05) is 25.5 Å². The highest BCUT2D eigenvalue weighted by Crippen LogP contribution is 2.19. The fourth-order valence-corrected chi connectivity index (χ4v) is 2.25. The van der Waals surface area contributed by atoms with Gasteiger partial charge in [0.2, 0.25) is 5.96 Å². The van der Waals surface area contributed by atoms with Crippen molar-refractivity contribution in [2.45, 2.75) is 33.2 Å². The van der Waals surface area contributed by atoms with Gasteiger partial charge >= 0.3 is 0 Å². The van der Waals surface area contributed by atoms with E-state index in [2.05, 4.69) is 27.3 Å². The number of allylic oxidation sites excluding steroid dienone is 1. The molecule has 106 valence electrons. The lowest BCUT2D eigenvalue weighted by Crippen LogP contribution is -2.27. The second kappa shape index (κ2) is 7.38. The Labute approximate surface area is 120 Å². The van der Waals surface area contributed by atoms with Gasteiger partial charge in [0.25, 0.3) is 0 Å². The molecule has 0 aromatic rings. The maximum absolute atomic E-state index is 4.58. The molecule has 0 aromatic carbocycles. The molecule has 1 N–H and O–H groups in total. The van der Waals surface area contributed by atoms with Crippen molar-refractivity contribution in [3.8, 4) is 0 Å². The molecule has 0 fully saturated rings. The number of rotatable bonds is 3. The summed E-state index contributed by atoms with van der Waals surface area (Å²) < 4.78 is 0. The molecule has 5 heteroatoms. The van der Waals surface area contributed by atoms with Crippen LogP contribution in [0.25, 0.3) is 0 Å². The fourth-order valence-electron chi connectivity index (χ4n) is 1.42. The molecular formula is C14H24N4S. The lowest BCUT2D eigenvalue weighted by Gasteiger charge is -2.16. The Bertz CT molecular complexity index is 421. The van der Waals surface area contributed by atoms with Crippen molar-refractivity contribution in [2.24, 2.45) is 9.98 Å². The van der Waals surface area contributed by atoms with Crippen molar-refractivity contribution < 1.29 is 0 Å². The highest BCUT2D eigenvalue weighted by Gasteiger charge is 2.08. The summed E-state index contributed by atoms with van der Waals surface area (Å²) in [4.78, 5) is 11.1. The van der Waals surface area contributed by atoms with Crippen molar-refractivity contribution in [1.82, 2.24) is 10.2 Å². The third-order valence-electron chi connectivity index (χ3n) is 2.75. The van der Waals surface area contributed by atoms with E-state index < -0.39 is 0 Å². The standard InChI is InChI=1S/C14H24N4S/c1-10(2)11(3)15-14(18(5)6)17-12(4)16-13-7-8-19-9-13/h9,11H,1,7-8H2,2-6H3,(H,15,16,17). The largest absolute Gasteiger partial charge is 0.347 e. The number of thioether (sulfide) groups is 1. The van der Waals surface area contributed by atoms with Gasteiger partial charge in [-0.15, -0.1) is 11.8 Å². The Balaban J connectivity index is 2.78. The van der Waals surface area contributed by atoms with Crippen LogP contribution in [0.2, 0.25) is 0 Å². The van der Waals surface area contributed by atoms with E-state index in [0.29, 0.717) is 5.96 Å². The minimum atomic E-state index is 0.0789. The minimum Gasteiger partial charge on any atom is -0.347 e. The lowest BCUT2D eigenvalue weighted by atomic mass is 10.2. The molecule has 1 aliphatic rings. The van der Waals surface area contributed by atoms with Gasteiger partial charge in [0.15, 0.2) is 0 Å². The van der Waals surface area contributed by atoms with Crippen LogP contribution in [0, 0.1) is 0 Å². The molecule has 0 bridgehead atoms. The quantitative estimate of drug-likeness (QED) is 0.491. The van der Waals surface area contributed by atoms with Gasteiger partial charge in [0.1, 0.15) is 5.84 Å². The van der Waals surface area contributed by atoms with Gasteiger partial charge in [-0.05, 0) is 32.6 Å². The summed E-state index contributed by atoms with van der Waals surface area (Å²) in [5, 5.41) is 5.48. The number of nitrogens with zero attached hydrogens (tertiary/aromatic N) is 3. The summed E-state index contributed by atoms with van der Waals surface area (Å²) in [6.45, 7) is 9.91. The first-order chi connectivity index (χ1) is 8.90. The first-order valence-electron chi connectivity index (χ1n) is 6.43. The van der Waals surface area contributed by atoms with E-state index in [-0.39, 0.29) is 6.04 Å². The van der Waals surface area contributed by atoms with E-state index in [4.69, 9.17) is 0 Å². The minimum absolute atomic E-state index is 0.0789. The molecule has 0 amide bonds. The highest BCUT2D eigenvalue weighted by atomic mass is 32.2. The first kappa shape index (κ1) is 15.8. The average molecular weight is 280 g/mol. The van der Waals surface area contributed by atoms with Gasteiger partial charge in [-0.3, -0.25) is 0 Å². The van der Waals surface area contributed by atoms with E-state index >= 15 is 0 Å². The van der Waals surface area contributed by atoms with E-state index in [1.54, 1.807) is 0 Å². The monoisotopic (exact) mass is 280 g/mol. The third-order valence-corrected chi connectivity index (χ3v) is 3.64. The maximum atomic E-state index is 4.58. The molecule has 0 radical (unpaired) electrons. The zero-order chi connectivity index (χ0) is 14.4. The Morgan fingerprint density at radius 2 is 2.16 bits per heavy atom. The Kier molecular flexibility index (Phi) is 6.15. The number of aliphatic imine (C=N–C) groups is 2. The molecule has 1 heterocycles. The predicted octanol–water partition coefficient (Wildman–Crippen LogP) is 2.85. The van der Waals surface area contributed by atoms with Crippen molar-refractivity contribution in [3.63, 3.8) is 0 Å². The number of nitrogens with one attached hydrogen (secondary N) is 1. The van der Waals surface area contributed by atoms with Crippen LogP contribution in [0.1, 0.15) is 27.2 Å². The van der Waals surface area contributed by atoms with Crippen molar-refractivity contribution in [3.05, 3.63) is 23.3 Å². The van der Waals surface area contributed by atoms with Crippen LogP contribution >= 0.6 is 11.8 Å². The van der Waals surface area contributed by atoms with Crippen LogP contribution in [-0.2, 0) is 0 Å². The van der Waals surface area contributed by atoms with Gasteiger partial charge in [-0.25, -0.2) is 9.98 Å². The topological polar surface area (TPSA) is 40.0 Å². The molecule has 1 atom stereocenters. The first-order valence-corrected chi connectivity index (χ1v) is 7.48. The number of amidine groups is 1. The third kappa shape index (κ3) is 5.51. The summed E-state index contributed by atoms with van der Waals surface area (Å²) in [5.41, 5.74) is 2.27. The van der Waals surface area contributed by atoms with Crippen molar-refractivity contribution >= 4 is 23.6 Å². The van der Waals surface area contributed by atoms with Crippen molar-refractivity contribution in [1.29, 1.82) is 0 Å². The van der Waals surface area contributed by atoms with E-state index in [1.807, 2.05) is 51.5 Å². The average Bonchev–Trinajstić information content (AvgIpc) is 2.80. The van der Waals surface area contributed by atoms with E-state index in [9.17, 15) is 0 Å². The molecule has 0 aromatic heterocycles. The summed E-state index contributed by atoms with van der Waals surface area (Å²) >= 11 is 1.83. The van der Waals surface area contributed by atoms with E-state index in [1.165, 1.54) is 5.70 Å². The lowest BCUT2D eigenvalue weighted by molar-refractivity contribution is 0.604. The number of guanidine groups is 1. The molecule has 1 rings (SSSR count). The molecule has 1 unspecified atom stereocenters. The molecule has 1 aliphatic heterocycles. The predicted molar refractivity (Wildman–Crippen MR) is 86.8 cm³/mol. The molecule has 0 saturated heterocycles. The molecule has 0 saturated carbocycles. The number of hydrogen-bond acceptors (Lipinski definition) is 2. The van der Waals surface area contributed by atoms with Gasteiger partial charge in [-0.1, -0.05) is 12.2 Å². The van der Waals surface area contributed by atoms with Crippen LogP contribution in [0.5, 0.6) is 0 Å². The molecular weight excluding hydrogens is 256 g/mol. The normalized spacial score (nSPS) is 18.1. The van der Waals surface area contributed by atoms with Gasteiger partial charge < -0.3 is 10.2 Å². The van der Waals surface area contributed by atoms with Crippen LogP contribution < -0.4 is 5.32 Å². The van der Waals surface area contributed by atoms with Crippen LogP contribution in [-0.4, -0.2) is 42.6 Å². The SMILES string of the molecule is C=C(C)C(C)N=C(N=C(C)NC1=CSCC1)N(C)C. The summed E-state index contributed by atoms with van der Waals surface area (Å²) in [6, 6.07) is 0.0789. The van der Waals surface area contributed by atoms with Gasteiger partial charge in [0.05, 0.1) is 6.04 Å². The zero-order valence-electron chi connectivity index (χ0n) is 12.5. The van der Waals surface area contributed by atoms with Crippen LogP contribution in [0.4, 0.5) is 0 Å². The van der Waals surface area contributed by atoms with E-state index in [0.717, 1.165) is 23.6 Å².